The molecular weight excluding hydrogens is 199 g/mol. The average molecular weight is 207 g/mol. The van der Waals surface area contributed by atoms with E-state index >= 15 is 0 Å². The average Bonchev–Trinajstić information content (AvgIpc) is 2.05. The number of hydrogen-bond acceptors (Lipinski definition) is 2. The zero-order chi connectivity index (χ0) is 9.14. The molecule has 1 heterocycles. The summed E-state index contributed by atoms with van der Waals surface area (Å²) < 4.78 is 4.90. The molecule has 0 aliphatic carbocycles. The van der Waals surface area contributed by atoms with Gasteiger partial charge in [-0.1, -0.05) is 0 Å². The third kappa shape index (κ3) is 1.82. The summed E-state index contributed by atoms with van der Waals surface area (Å²) in [5.41, 5.74) is 0.890. The molecule has 0 bridgehead atoms. The molecule has 0 fully saturated rings. The predicted molar refractivity (Wildman–Crippen MR) is 48.8 cm³/mol. The van der Waals surface area contributed by atoms with E-state index in [0.717, 1.165) is 5.56 Å². The van der Waals surface area contributed by atoms with Crippen LogP contribution in [-0.2, 0) is 11.8 Å². The van der Waals surface area contributed by atoms with Gasteiger partial charge in [0.25, 0.3) is 0 Å². The molecule has 1 aromatic rings. The van der Waals surface area contributed by atoms with Gasteiger partial charge >= 0.3 is 5.63 Å². The van der Waals surface area contributed by atoms with E-state index in [1.165, 1.54) is 0 Å². The van der Waals surface area contributed by atoms with Crippen molar-refractivity contribution in [2.75, 3.05) is 0 Å². The Bertz CT molecular complexity index is 330. The van der Waals surface area contributed by atoms with Gasteiger partial charge in [-0.2, -0.15) is 0 Å². The zero-order valence-electron chi connectivity index (χ0n) is 6.56. The molecule has 1 aromatic heterocycles. The lowest BCUT2D eigenvalue weighted by atomic mass is 10.2. The highest BCUT2D eigenvalue weighted by atomic mass is 35.5. The zero-order valence-corrected chi connectivity index (χ0v) is 8.08. The van der Waals surface area contributed by atoms with Gasteiger partial charge in [0.15, 0.2) is 0 Å². The van der Waals surface area contributed by atoms with E-state index in [4.69, 9.17) is 27.6 Å². The van der Waals surface area contributed by atoms with E-state index in [1.54, 1.807) is 13.0 Å². The van der Waals surface area contributed by atoms with Crippen LogP contribution in [0, 0.1) is 6.92 Å². The highest BCUT2D eigenvalue weighted by Gasteiger charge is 2.05. The molecule has 0 aromatic carbocycles. The first-order valence-electron chi connectivity index (χ1n) is 3.43. The molecule has 12 heavy (non-hydrogen) atoms. The number of hydrogen-bond donors (Lipinski definition) is 0. The molecule has 0 spiro atoms. The Kier molecular flexibility index (Phi) is 3.18. The highest BCUT2D eigenvalue weighted by Crippen LogP contribution is 2.11. The summed E-state index contributed by atoms with van der Waals surface area (Å²) >= 11 is 11.1. The summed E-state index contributed by atoms with van der Waals surface area (Å²) in [6.07, 6.45) is 0. The first kappa shape index (κ1) is 9.62. The Morgan fingerprint density at radius 1 is 1.33 bits per heavy atom. The van der Waals surface area contributed by atoms with Crippen molar-refractivity contribution in [3.05, 3.63) is 33.4 Å². The van der Waals surface area contributed by atoms with Gasteiger partial charge in [-0.25, -0.2) is 4.79 Å². The van der Waals surface area contributed by atoms with E-state index in [0.29, 0.717) is 17.2 Å². The van der Waals surface area contributed by atoms with Crippen LogP contribution in [0.1, 0.15) is 16.9 Å². The number of halogens is 2. The summed E-state index contributed by atoms with van der Waals surface area (Å²) in [6.45, 7) is 1.71. The maximum absolute atomic E-state index is 11.0. The first-order valence-corrected chi connectivity index (χ1v) is 4.50. The van der Waals surface area contributed by atoms with Gasteiger partial charge in [-0.3, -0.25) is 0 Å². The van der Waals surface area contributed by atoms with Gasteiger partial charge in [-0.15, -0.1) is 23.2 Å². The summed E-state index contributed by atoms with van der Waals surface area (Å²) in [4.78, 5) is 11.0. The predicted octanol–water partition coefficient (Wildman–Crippen LogP) is 2.43. The molecule has 0 aliphatic rings. The summed E-state index contributed by atoms with van der Waals surface area (Å²) in [5, 5.41) is 0. The second kappa shape index (κ2) is 3.97. The van der Waals surface area contributed by atoms with Gasteiger partial charge in [-0.05, 0) is 13.0 Å². The van der Waals surface area contributed by atoms with Gasteiger partial charge in [0.05, 0.1) is 17.3 Å². The molecule has 2 nitrogen and oxygen atoms in total. The van der Waals surface area contributed by atoms with Crippen molar-refractivity contribution in [1.29, 1.82) is 0 Å². The van der Waals surface area contributed by atoms with Crippen LogP contribution in [0.4, 0.5) is 0 Å². The van der Waals surface area contributed by atoms with Crippen LogP contribution in [0.3, 0.4) is 0 Å². The van der Waals surface area contributed by atoms with Crippen molar-refractivity contribution in [1.82, 2.24) is 0 Å². The van der Waals surface area contributed by atoms with Crippen molar-refractivity contribution in [3.63, 3.8) is 0 Å². The fraction of sp³-hybridized carbons (Fsp3) is 0.375. The largest absolute Gasteiger partial charge is 0.428 e. The lowest BCUT2D eigenvalue weighted by molar-refractivity contribution is 0.469. The monoisotopic (exact) mass is 206 g/mol. The molecule has 66 valence electrons. The van der Waals surface area contributed by atoms with Crippen LogP contribution in [0.5, 0.6) is 0 Å². The van der Waals surface area contributed by atoms with Crippen LogP contribution in [0.25, 0.3) is 0 Å². The molecule has 0 aliphatic heterocycles. The van der Waals surface area contributed by atoms with Crippen molar-refractivity contribution in [2.24, 2.45) is 0 Å². The normalized spacial score (nSPS) is 10.2. The number of rotatable bonds is 2. The van der Waals surface area contributed by atoms with Crippen molar-refractivity contribution in [3.8, 4) is 0 Å². The maximum atomic E-state index is 11.0. The van der Waals surface area contributed by atoms with Crippen molar-refractivity contribution < 1.29 is 4.42 Å². The minimum absolute atomic E-state index is 0.159. The lowest BCUT2D eigenvalue weighted by Gasteiger charge is -2.00. The lowest BCUT2D eigenvalue weighted by Crippen LogP contribution is -2.07. The Balaban J connectivity index is 3.27. The molecule has 0 radical (unpaired) electrons. The Morgan fingerprint density at radius 3 is 2.42 bits per heavy atom. The number of alkyl halides is 2. The second-order valence-electron chi connectivity index (χ2n) is 2.41. The SMILES string of the molecule is Cc1oc(=O)c(CCl)cc1CCl. The van der Waals surface area contributed by atoms with Gasteiger partial charge in [0.1, 0.15) is 5.76 Å². The smallest absolute Gasteiger partial charge is 0.340 e. The van der Waals surface area contributed by atoms with E-state index in [1.807, 2.05) is 0 Å². The molecule has 4 heteroatoms. The molecule has 0 N–H and O–H groups in total. The minimum atomic E-state index is -0.378. The fourth-order valence-corrected chi connectivity index (χ4v) is 1.32. The van der Waals surface area contributed by atoms with Crippen LogP contribution in [0.15, 0.2) is 15.3 Å². The Morgan fingerprint density at radius 2 is 1.92 bits per heavy atom. The molecule has 0 unspecified atom stereocenters. The van der Waals surface area contributed by atoms with Crippen LogP contribution < -0.4 is 5.63 Å². The third-order valence-electron chi connectivity index (χ3n) is 1.60. The number of aryl methyl sites for hydroxylation is 1. The molecule has 1 rings (SSSR count). The molecule has 0 saturated heterocycles. The minimum Gasteiger partial charge on any atom is -0.428 e. The summed E-state index contributed by atoms with van der Waals surface area (Å²) in [6, 6.07) is 1.68. The third-order valence-corrected chi connectivity index (χ3v) is 2.17. The van der Waals surface area contributed by atoms with Crippen molar-refractivity contribution in [2.45, 2.75) is 18.7 Å². The van der Waals surface area contributed by atoms with E-state index < -0.39 is 0 Å². The van der Waals surface area contributed by atoms with Crippen LogP contribution >= 0.6 is 23.2 Å². The maximum Gasteiger partial charge on any atom is 0.340 e. The van der Waals surface area contributed by atoms with E-state index in [2.05, 4.69) is 0 Å². The quantitative estimate of drug-likeness (QED) is 0.697. The second-order valence-corrected chi connectivity index (χ2v) is 2.94. The Hall–Kier alpha value is -0.470. The summed E-state index contributed by atoms with van der Waals surface area (Å²) in [5.74, 6) is 1.05. The van der Waals surface area contributed by atoms with Gasteiger partial charge in [0.2, 0.25) is 0 Å². The first-order chi connectivity index (χ1) is 5.69. The van der Waals surface area contributed by atoms with Crippen molar-refractivity contribution >= 4 is 23.2 Å². The van der Waals surface area contributed by atoms with Crippen LogP contribution in [0.2, 0.25) is 0 Å². The molecule has 0 atom stereocenters. The van der Waals surface area contributed by atoms with Crippen LogP contribution in [-0.4, -0.2) is 0 Å². The molecule has 0 saturated carbocycles. The summed E-state index contributed by atoms with van der Waals surface area (Å²) in [7, 11) is 0. The molecule has 0 amide bonds. The van der Waals surface area contributed by atoms with E-state index in [9.17, 15) is 4.79 Å². The van der Waals surface area contributed by atoms with Gasteiger partial charge in [0, 0.05) is 5.56 Å². The Labute approximate surface area is 80.1 Å². The molecular formula is C8H8Cl2O2. The topological polar surface area (TPSA) is 30.2 Å². The highest BCUT2D eigenvalue weighted by molar-refractivity contribution is 6.17. The van der Waals surface area contributed by atoms with E-state index in [-0.39, 0.29) is 11.5 Å². The fourth-order valence-electron chi connectivity index (χ4n) is 0.867. The standard InChI is InChI=1S/C8H8Cl2O2/c1-5-6(3-9)2-7(4-10)8(11)12-5/h2H,3-4H2,1H3. The van der Waals surface area contributed by atoms with Gasteiger partial charge < -0.3 is 4.42 Å².